The van der Waals surface area contributed by atoms with Gasteiger partial charge in [0.25, 0.3) is 10.0 Å². The minimum Gasteiger partial charge on any atom is -0.467 e. The molecule has 6 nitrogen and oxygen atoms in total. The molecule has 1 aliphatic heterocycles. The molecule has 1 amide bonds. The highest BCUT2D eigenvalue weighted by molar-refractivity contribution is 7.91. The molecule has 0 bridgehead atoms. The van der Waals surface area contributed by atoms with Gasteiger partial charge in [-0.2, -0.15) is 4.31 Å². The van der Waals surface area contributed by atoms with Crippen molar-refractivity contribution >= 4 is 27.3 Å². The Bertz CT molecular complexity index is 1060. The summed E-state index contributed by atoms with van der Waals surface area (Å²) in [7, 11) is -2.10. The van der Waals surface area contributed by atoms with Gasteiger partial charge in [-0.25, -0.2) is 8.42 Å². The number of nitrogens with zero attached hydrogens (tertiary/aromatic N) is 2. The van der Waals surface area contributed by atoms with Gasteiger partial charge >= 0.3 is 0 Å². The Kier molecular flexibility index (Phi) is 5.09. The number of amides is 1. The normalized spacial score (nSPS) is 17.2. The number of rotatable bonds is 5. The predicted molar refractivity (Wildman–Crippen MR) is 106 cm³/mol. The fourth-order valence-corrected chi connectivity index (χ4v) is 6.14. The largest absolute Gasteiger partial charge is 0.467 e. The van der Waals surface area contributed by atoms with E-state index in [0.29, 0.717) is 12.2 Å². The minimum absolute atomic E-state index is 0.182. The number of benzene rings is 1. The van der Waals surface area contributed by atoms with Crippen molar-refractivity contribution in [1.29, 1.82) is 0 Å². The summed E-state index contributed by atoms with van der Waals surface area (Å²) >= 11 is 1.16. The van der Waals surface area contributed by atoms with E-state index in [4.69, 9.17) is 4.42 Å². The predicted octanol–water partition coefficient (Wildman–Crippen LogP) is 3.12. The average Bonchev–Trinajstić information content (AvgIpc) is 3.40. The zero-order valence-electron chi connectivity index (χ0n) is 15.3. The van der Waals surface area contributed by atoms with Crippen molar-refractivity contribution in [2.24, 2.45) is 0 Å². The Balaban J connectivity index is 1.68. The van der Waals surface area contributed by atoms with E-state index in [0.717, 1.165) is 22.5 Å². The third-order valence-corrected chi connectivity index (χ3v) is 8.13. The van der Waals surface area contributed by atoms with Crippen LogP contribution in [0.5, 0.6) is 0 Å². The van der Waals surface area contributed by atoms with Crippen LogP contribution in [0.2, 0.25) is 0 Å². The van der Waals surface area contributed by atoms with Gasteiger partial charge in [-0.05, 0) is 41.1 Å². The number of hydrogen-bond acceptors (Lipinski definition) is 5. The fourth-order valence-electron chi connectivity index (χ4n) is 3.46. The monoisotopic (exact) mass is 416 g/mol. The molecule has 1 atom stereocenters. The number of hydrogen-bond donors (Lipinski definition) is 0. The van der Waals surface area contributed by atoms with Gasteiger partial charge in [-0.1, -0.05) is 30.3 Å². The van der Waals surface area contributed by atoms with Crippen LogP contribution in [0.4, 0.5) is 0 Å². The van der Waals surface area contributed by atoms with Gasteiger partial charge in [0.15, 0.2) is 0 Å². The Morgan fingerprint density at radius 2 is 1.96 bits per heavy atom. The first-order valence-corrected chi connectivity index (χ1v) is 11.2. The molecule has 1 aliphatic rings. The van der Waals surface area contributed by atoms with Crippen LogP contribution < -0.4 is 0 Å². The Morgan fingerprint density at radius 1 is 1.18 bits per heavy atom. The lowest BCUT2D eigenvalue weighted by Crippen LogP contribution is -2.52. The van der Waals surface area contributed by atoms with Crippen molar-refractivity contribution in [3.63, 3.8) is 0 Å². The molecular formula is C20H20N2O4S2. The highest BCUT2D eigenvalue weighted by Gasteiger charge is 2.41. The van der Waals surface area contributed by atoms with Gasteiger partial charge in [0.1, 0.15) is 16.0 Å². The van der Waals surface area contributed by atoms with E-state index in [-0.39, 0.29) is 23.2 Å². The zero-order valence-corrected chi connectivity index (χ0v) is 16.9. The Morgan fingerprint density at radius 3 is 2.64 bits per heavy atom. The summed E-state index contributed by atoms with van der Waals surface area (Å²) in [5, 5.41) is 1.73. The van der Waals surface area contributed by atoms with Crippen LogP contribution in [-0.2, 0) is 34.3 Å². The molecule has 0 N–H and O–H groups in total. The molecule has 28 heavy (non-hydrogen) atoms. The number of likely N-dealkylation sites (N-methyl/N-ethyl adjacent to an activating group) is 1. The van der Waals surface area contributed by atoms with E-state index in [1.165, 1.54) is 9.21 Å². The standard InChI is InChI=1S/C20H20N2O4S2/c1-21(14-17-8-4-10-26-17)20(23)18-12-15-6-2-3-7-16(15)13-22(18)28(24,25)19-9-5-11-27-19/h2-11,18H,12-14H2,1H3. The van der Waals surface area contributed by atoms with Crippen LogP contribution in [0.1, 0.15) is 16.9 Å². The molecule has 0 saturated heterocycles. The second-order valence-electron chi connectivity index (χ2n) is 6.74. The van der Waals surface area contributed by atoms with E-state index in [1.54, 1.807) is 43.0 Å². The first-order valence-electron chi connectivity index (χ1n) is 8.86. The summed E-state index contributed by atoms with van der Waals surface area (Å²) < 4.78 is 33.4. The Labute approximate surface area is 168 Å². The van der Waals surface area contributed by atoms with Gasteiger partial charge in [-0.3, -0.25) is 4.79 Å². The van der Waals surface area contributed by atoms with Gasteiger partial charge in [0.2, 0.25) is 5.91 Å². The lowest BCUT2D eigenvalue weighted by atomic mass is 9.95. The summed E-state index contributed by atoms with van der Waals surface area (Å²) in [6.07, 6.45) is 1.90. The second-order valence-corrected chi connectivity index (χ2v) is 9.81. The van der Waals surface area contributed by atoms with Crippen LogP contribution >= 0.6 is 11.3 Å². The third-order valence-electron chi connectivity index (χ3n) is 4.90. The SMILES string of the molecule is CN(Cc1ccco1)C(=O)C1Cc2ccccc2CN1S(=O)(=O)c1cccs1. The third kappa shape index (κ3) is 3.50. The summed E-state index contributed by atoms with van der Waals surface area (Å²) in [5.74, 6) is 0.408. The van der Waals surface area contributed by atoms with Crippen molar-refractivity contribution in [1.82, 2.24) is 9.21 Å². The summed E-state index contributed by atoms with van der Waals surface area (Å²) in [5.41, 5.74) is 1.94. The van der Waals surface area contributed by atoms with Crippen molar-refractivity contribution in [2.45, 2.75) is 29.8 Å². The van der Waals surface area contributed by atoms with E-state index >= 15 is 0 Å². The van der Waals surface area contributed by atoms with Gasteiger partial charge < -0.3 is 9.32 Å². The van der Waals surface area contributed by atoms with Crippen LogP contribution in [0.25, 0.3) is 0 Å². The average molecular weight is 417 g/mol. The van der Waals surface area contributed by atoms with Crippen LogP contribution in [-0.4, -0.2) is 36.6 Å². The number of carbonyl (C=O) groups is 1. The topological polar surface area (TPSA) is 70.8 Å². The molecule has 146 valence electrons. The maximum absolute atomic E-state index is 13.3. The van der Waals surface area contributed by atoms with E-state index in [1.807, 2.05) is 24.3 Å². The summed E-state index contributed by atoms with van der Waals surface area (Å²) in [4.78, 5) is 14.8. The van der Waals surface area contributed by atoms with E-state index < -0.39 is 16.1 Å². The molecule has 0 aliphatic carbocycles. The summed E-state index contributed by atoms with van der Waals surface area (Å²) in [6, 6.07) is 13.7. The fraction of sp³-hybridized carbons (Fsp3) is 0.250. The van der Waals surface area contributed by atoms with Crippen molar-refractivity contribution < 1.29 is 17.6 Å². The second kappa shape index (κ2) is 7.54. The number of furan rings is 1. The molecule has 8 heteroatoms. The van der Waals surface area contributed by atoms with Crippen molar-refractivity contribution in [3.05, 3.63) is 77.1 Å². The van der Waals surface area contributed by atoms with E-state index in [9.17, 15) is 13.2 Å². The van der Waals surface area contributed by atoms with Crippen LogP contribution in [0, 0.1) is 0 Å². The molecule has 1 unspecified atom stereocenters. The van der Waals surface area contributed by atoms with Gasteiger partial charge in [0, 0.05) is 13.6 Å². The molecule has 4 rings (SSSR count). The smallest absolute Gasteiger partial charge is 0.253 e. The Hall–Kier alpha value is -2.42. The maximum atomic E-state index is 13.3. The quantitative estimate of drug-likeness (QED) is 0.641. The highest BCUT2D eigenvalue weighted by atomic mass is 32.2. The molecule has 0 spiro atoms. The number of carbonyl (C=O) groups excluding carboxylic acids is 1. The number of fused-ring (bicyclic) bond motifs is 1. The van der Waals surface area contributed by atoms with Crippen LogP contribution in [0.3, 0.4) is 0 Å². The minimum atomic E-state index is -3.77. The van der Waals surface area contributed by atoms with Crippen molar-refractivity contribution in [3.8, 4) is 0 Å². The first kappa shape index (κ1) is 18.9. The van der Waals surface area contributed by atoms with Crippen LogP contribution in [0.15, 0.2) is 68.8 Å². The van der Waals surface area contributed by atoms with Gasteiger partial charge in [-0.15, -0.1) is 11.3 Å². The van der Waals surface area contributed by atoms with Gasteiger partial charge in [0.05, 0.1) is 12.8 Å². The lowest BCUT2D eigenvalue weighted by Gasteiger charge is -2.36. The molecule has 1 aromatic carbocycles. The van der Waals surface area contributed by atoms with E-state index in [2.05, 4.69) is 0 Å². The lowest BCUT2D eigenvalue weighted by molar-refractivity contribution is -0.135. The number of sulfonamides is 1. The first-order chi connectivity index (χ1) is 13.5. The molecule has 0 saturated carbocycles. The molecule has 2 aromatic heterocycles. The number of thiophene rings is 1. The summed E-state index contributed by atoms with van der Waals surface area (Å²) in [6.45, 7) is 0.471. The molecular weight excluding hydrogens is 396 g/mol. The molecule has 0 fully saturated rings. The van der Waals surface area contributed by atoms with Crippen molar-refractivity contribution in [2.75, 3.05) is 7.05 Å². The zero-order chi connectivity index (χ0) is 19.7. The molecule has 3 aromatic rings. The highest BCUT2D eigenvalue weighted by Crippen LogP contribution is 2.31. The molecule has 0 radical (unpaired) electrons. The molecule has 3 heterocycles. The maximum Gasteiger partial charge on any atom is 0.253 e.